The molecule has 0 heterocycles. The third kappa shape index (κ3) is 15.1. The van der Waals surface area contributed by atoms with Crippen LogP contribution in [0, 0.1) is 34.6 Å². The zero-order valence-corrected chi connectivity index (χ0v) is 42.8. The van der Waals surface area contributed by atoms with Gasteiger partial charge in [0.05, 0.1) is 0 Å². The molecule has 0 nitrogen and oxygen atoms in total. The molecule has 0 saturated carbocycles. The van der Waals surface area contributed by atoms with E-state index in [-0.39, 0.29) is 7.43 Å². The number of hydrogen-bond acceptors (Lipinski definition) is 0. The number of hydrogen-bond donors (Lipinski definition) is 0. The molecule has 12 aromatic rings. The molecule has 0 saturated heterocycles. The van der Waals surface area contributed by atoms with Crippen molar-refractivity contribution in [1.29, 1.82) is 0 Å². The number of aryl methyl sites for hydroxylation is 5. The predicted molar refractivity (Wildman–Crippen MR) is 325 cm³/mol. The first-order chi connectivity index (χ1) is 35.8. The minimum atomic E-state index is 0. The van der Waals surface area contributed by atoms with Crippen molar-refractivity contribution in [2.45, 2.75) is 42.0 Å². The summed E-state index contributed by atoms with van der Waals surface area (Å²) >= 11 is 0. The van der Waals surface area contributed by atoms with E-state index < -0.39 is 0 Å². The van der Waals surface area contributed by atoms with Crippen LogP contribution in [0.5, 0.6) is 0 Å². The van der Waals surface area contributed by atoms with Gasteiger partial charge in [-0.1, -0.05) is 321 Å². The highest BCUT2D eigenvalue weighted by atomic mass is 14.1. The fraction of sp³-hybridized carbons (Fsp3) is 0.0811. The van der Waals surface area contributed by atoms with Crippen molar-refractivity contribution in [2.24, 2.45) is 0 Å². The van der Waals surface area contributed by atoms with E-state index in [4.69, 9.17) is 0 Å². The molecule has 0 radical (unpaired) electrons. The lowest BCUT2D eigenvalue weighted by molar-refractivity contribution is 1.46. The van der Waals surface area contributed by atoms with Crippen LogP contribution in [0.4, 0.5) is 0 Å². The Labute approximate surface area is 442 Å². The number of benzene rings is 12. The first-order valence-electron chi connectivity index (χ1n) is 25.2. The molecule has 74 heavy (non-hydrogen) atoms. The van der Waals surface area contributed by atoms with Crippen LogP contribution in [-0.2, 0) is 0 Å². The van der Waals surface area contributed by atoms with E-state index in [0.717, 1.165) is 0 Å². The van der Waals surface area contributed by atoms with Gasteiger partial charge < -0.3 is 0 Å². The molecule has 0 aliphatic heterocycles. The lowest BCUT2D eigenvalue weighted by Crippen LogP contribution is -1.81. The van der Waals surface area contributed by atoms with Gasteiger partial charge in [0.25, 0.3) is 0 Å². The SMILES string of the molecule is C.Cc1ccc(-c2ccc3ccccc3c2)cc1.Cc1ccc(-c2cccc3ccccc23)cc1.Cc1ccc(-c2ccccc2)cc1.Cc1cccc(-c2ccccc2)c1.Cc1ccccc1-c1ccccc1. The zero-order chi connectivity index (χ0) is 50.6. The van der Waals surface area contributed by atoms with Crippen LogP contribution in [-0.4, -0.2) is 0 Å². The Morgan fingerprint density at radius 1 is 0.189 bits per heavy atom. The van der Waals surface area contributed by atoms with Crippen molar-refractivity contribution in [1.82, 2.24) is 0 Å². The largest absolute Gasteiger partial charge is 0.0776 e. The van der Waals surface area contributed by atoms with Crippen molar-refractivity contribution < 1.29 is 0 Å². The minimum Gasteiger partial charge on any atom is -0.0776 e. The van der Waals surface area contributed by atoms with Gasteiger partial charge in [0.2, 0.25) is 0 Å². The molecule has 0 aliphatic rings. The smallest absolute Gasteiger partial charge is 0.0105 e. The first-order valence-corrected chi connectivity index (χ1v) is 25.2. The van der Waals surface area contributed by atoms with Gasteiger partial charge in [-0.15, -0.1) is 0 Å². The summed E-state index contributed by atoms with van der Waals surface area (Å²) in [6.07, 6.45) is 0. The van der Waals surface area contributed by atoms with Crippen LogP contribution in [0.15, 0.2) is 297 Å². The van der Waals surface area contributed by atoms with E-state index in [1.165, 1.54) is 105 Å². The van der Waals surface area contributed by atoms with Crippen molar-refractivity contribution >= 4 is 21.5 Å². The van der Waals surface area contributed by atoms with Crippen LogP contribution < -0.4 is 0 Å². The van der Waals surface area contributed by atoms with Gasteiger partial charge in [-0.3, -0.25) is 0 Å². The average molecular weight is 957 g/mol. The molecule has 12 rings (SSSR count). The van der Waals surface area contributed by atoms with Crippen LogP contribution >= 0.6 is 0 Å². The first kappa shape index (κ1) is 53.0. The molecule has 0 aromatic heterocycles. The second kappa shape index (κ2) is 27.1. The van der Waals surface area contributed by atoms with E-state index in [1.54, 1.807) is 0 Å². The summed E-state index contributed by atoms with van der Waals surface area (Å²) in [6, 6.07) is 104. The van der Waals surface area contributed by atoms with Gasteiger partial charge in [0.15, 0.2) is 0 Å². The van der Waals surface area contributed by atoms with Crippen molar-refractivity contribution in [3.8, 4) is 55.6 Å². The summed E-state index contributed by atoms with van der Waals surface area (Å²) in [5.74, 6) is 0. The Balaban J connectivity index is 0.000000136. The summed E-state index contributed by atoms with van der Waals surface area (Å²) < 4.78 is 0. The number of fused-ring (bicyclic) bond motifs is 2. The molecule has 12 aromatic carbocycles. The summed E-state index contributed by atoms with van der Waals surface area (Å²) in [5, 5.41) is 5.21. The topological polar surface area (TPSA) is 0 Å². The molecule has 0 aliphatic carbocycles. The molecule has 0 fully saturated rings. The Bertz CT molecular complexity index is 3540. The molecular formula is C74H68. The van der Waals surface area contributed by atoms with Gasteiger partial charge in [-0.25, -0.2) is 0 Å². The van der Waals surface area contributed by atoms with E-state index in [2.05, 4.69) is 314 Å². The van der Waals surface area contributed by atoms with Gasteiger partial charge in [0, 0.05) is 0 Å². The zero-order valence-electron chi connectivity index (χ0n) is 42.8. The fourth-order valence-electron chi connectivity index (χ4n) is 8.67. The highest BCUT2D eigenvalue weighted by Gasteiger charge is 2.03. The molecule has 0 atom stereocenters. The third-order valence-corrected chi connectivity index (χ3v) is 12.8. The molecule has 0 bridgehead atoms. The summed E-state index contributed by atoms with van der Waals surface area (Å²) in [4.78, 5) is 0. The molecule has 0 heteroatoms. The Morgan fingerprint density at radius 2 is 0.541 bits per heavy atom. The monoisotopic (exact) mass is 957 g/mol. The summed E-state index contributed by atoms with van der Waals surface area (Å²) in [6.45, 7) is 10.6. The standard InChI is InChI=1S/2C17H14.3C13H12.CH4/c1-13-9-11-15(12-10-13)17-8-4-6-14-5-2-3-7-16(14)17;1-13-6-8-15(9-7-13)17-11-10-14-4-2-3-5-16(14)12-17;1-11-7-5-6-10-13(11)12-8-3-2-4-9-12;1-11-6-5-9-13(10-11)12-7-3-2-4-8-12;1-11-7-9-13(10-8-11)12-5-3-2-4-6-12;/h2*2-12H,1H3;3*2-10H,1H3;1H4. The maximum absolute atomic E-state index is 2.25. The normalized spacial score (nSPS) is 10.1. The Morgan fingerprint density at radius 3 is 1.11 bits per heavy atom. The molecule has 0 unspecified atom stereocenters. The second-order valence-corrected chi connectivity index (χ2v) is 18.5. The molecular weight excluding hydrogens is 889 g/mol. The van der Waals surface area contributed by atoms with Gasteiger partial charge in [-0.2, -0.15) is 0 Å². The Kier molecular flexibility index (Phi) is 19.4. The van der Waals surface area contributed by atoms with Crippen molar-refractivity contribution in [3.63, 3.8) is 0 Å². The van der Waals surface area contributed by atoms with E-state index in [0.29, 0.717) is 0 Å². The van der Waals surface area contributed by atoms with Crippen LogP contribution in [0.3, 0.4) is 0 Å². The fourth-order valence-corrected chi connectivity index (χ4v) is 8.67. The molecule has 0 N–H and O–H groups in total. The van der Waals surface area contributed by atoms with Crippen molar-refractivity contribution in [3.05, 3.63) is 325 Å². The lowest BCUT2D eigenvalue weighted by Gasteiger charge is -2.07. The van der Waals surface area contributed by atoms with E-state index in [1.807, 2.05) is 18.2 Å². The van der Waals surface area contributed by atoms with Gasteiger partial charge in [-0.05, 0) is 123 Å². The lowest BCUT2D eigenvalue weighted by atomic mass is 9.98. The third-order valence-electron chi connectivity index (χ3n) is 12.8. The van der Waals surface area contributed by atoms with E-state index in [9.17, 15) is 0 Å². The second-order valence-electron chi connectivity index (χ2n) is 18.5. The number of rotatable bonds is 5. The molecule has 0 spiro atoms. The molecule has 364 valence electrons. The van der Waals surface area contributed by atoms with Gasteiger partial charge >= 0.3 is 0 Å². The van der Waals surface area contributed by atoms with Crippen molar-refractivity contribution in [2.75, 3.05) is 0 Å². The summed E-state index contributed by atoms with van der Waals surface area (Å²) in [7, 11) is 0. The Hall–Kier alpha value is -8.84. The molecule has 0 amide bonds. The highest BCUT2D eigenvalue weighted by molar-refractivity contribution is 5.96. The van der Waals surface area contributed by atoms with Gasteiger partial charge in [0.1, 0.15) is 0 Å². The minimum absolute atomic E-state index is 0. The van der Waals surface area contributed by atoms with E-state index >= 15 is 0 Å². The van der Waals surface area contributed by atoms with Crippen LogP contribution in [0.25, 0.3) is 77.2 Å². The van der Waals surface area contributed by atoms with Crippen LogP contribution in [0.1, 0.15) is 35.2 Å². The maximum Gasteiger partial charge on any atom is -0.0105 e. The summed E-state index contributed by atoms with van der Waals surface area (Å²) in [5.41, 5.74) is 19.4. The highest BCUT2D eigenvalue weighted by Crippen LogP contribution is 2.29. The maximum atomic E-state index is 2.25. The quantitative estimate of drug-likeness (QED) is 0.161. The predicted octanol–water partition coefficient (Wildman–Crippen LogP) is 21.3. The average Bonchev–Trinajstić information content (AvgIpc) is 3.45. The van der Waals surface area contributed by atoms with Crippen LogP contribution in [0.2, 0.25) is 0 Å².